The molecular formula is C26H42O2. The van der Waals surface area contributed by atoms with E-state index in [0.717, 1.165) is 30.8 Å². The molecule has 3 aliphatic carbocycles. The molecule has 158 valence electrons. The summed E-state index contributed by atoms with van der Waals surface area (Å²) in [6.07, 6.45) is 12.4. The smallest absolute Gasteiger partial charge is 0.159 e. The highest BCUT2D eigenvalue weighted by atomic mass is 16.5. The SMILES string of the molecule is CC(C)CCC[C@@H](C)[C@H]1CC[C@H]2[C@@H]3C(=O)C=C4COCC[C@]4(C)[C@H]3CC[C@]12C. The van der Waals surface area contributed by atoms with Gasteiger partial charge in [-0.15, -0.1) is 0 Å². The summed E-state index contributed by atoms with van der Waals surface area (Å²) in [4.78, 5) is 13.3. The van der Waals surface area contributed by atoms with Crippen molar-refractivity contribution in [3.8, 4) is 0 Å². The molecule has 0 aromatic carbocycles. The number of allylic oxidation sites excluding steroid dienone is 1. The van der Waals surface area contributed by atoms with Crippen LogP contribution >= 0.6 is 0 Å². The quantitative estimate of drug-likeness (QED) is 0.543. The molecule has 0 N–H and O–H groups in total. The molecule has 28 heavy (non-hydrogen) atoms. The lowest BCUT2D eigenvalue weighted by molar-refractivity contribution is -0.136. The second-order valence-electron chi connectivity index (χ2n) is 11.6. The Labute approximate surface area is 172 Å². The van der Waals surface area contributed by atoms with Gasteiger partial charge in [0.2, 0.25) is 0 Å². The molecule has 0 unspecified atom stereocenters. The van der Waals surface area contributed by atoms with E-state index in [0.29, 0.717) is 29.6 Å². The van der Waals surface area contributed by atoms with Gasteiger partial charge in [-0.3, -0.25) is 4.79 Å². The maximum absolute atomic E-state index is 13.3. The standard InChI is InChI=1S/C26H42O2/c1-17(2)7-6-8-18(3)20-9-10-21-24-22(11-12-26(20,21)5)25(4)13-14-28-16-19(25)15-23(24)27/h15,17-18,20-22,24H,6-14,16H2,1-5H3/t18-,20-,21+,22+,24+,25+,26-/m1/s1. The third-order valence-electron chi connectivity index (χ3n) is 9.69. The molecular weight excluding hydrogens is 344 g/mol. The van der Waals surface area contributed by atoms with Gasteiger partial charge in [0.1, 0.15) is 0 Å². The van der Waals surface area contributed by atoms with Crippen LogP contribution < -0.4 is 0 Å². The van der Waals surface area contributed by atoms with Crippen molar-refractivity contribution < 1.29 is 9.53 Å². The number of fused-ring (bicyclic) bond motifs is 5. The van der Waals surface area contributed by atoms with Crippen LogP contribution in [0.3, 0.4) is 0 Å². The molecule has 0 radical (unpaired) electrons. The zero-order valence-electron chi connectivity index (χ0n) is 18.9. The van der Waals surface area contributed by atoms with Crippen molar-refractivity contribution >= 4 is 5.78 Å². The van der Waals surface area contributed by atoms with Gasteiger partial charge in [0.25, 0.3) is 0 Å². The highest BCUT2D eigenvalue weighted by Crippen LogP contribution is 2.66. The third-order valence-corrected chi connectivity index (χ3v) is 9.69. The molecule has 3 fully saturated rings. The van der Waals surface area contributed by atoms with Gasteiger partial charge in [0.15, 0.2) is 5.78 Å². The predicted octanol–water partition coefficient (Wildman–Crippen LogP) is 6.44. The first-order chi connectivity index (χ1) is 13.3. The molecule has 0 bridgehead atoms. The second-order valence-corrected chi connectivity index (χ2v) is 11.6. The van der Waals surface area contributed by atoms with Crippen LogP contribution in [-0.2, 0) is 9.53 Å². The van der Waals surface area contributed by atoms with Crippen molar-refractivity contribution in [1.82, 2.24) is 0 Å². The highest BCUT2D eigenvalue weighted by molar-refractivity contribution is 5.94. The van der Waals surface area contributed by atoms with Gasteiger partial charge in [-0.25, -0.2) is 0 Å². The zero-order chi connectivity index (χ0) is 20.1. The van der Waals surface area contributed by atoms with Crippen molar-refractivity contribution in [2.75, 3.05) is 13.2 Å². The molecule has 4 rings (SSSR count). The van der Waals surface area contributed by atoms with Crippen LogP contribution in [0.1, 0.15) is 86.0 Å². The normalized spacial score (nSPS) is 43.9. The van der Waals surface area contributed by atoms with E-state index in [2.05, 4.69) is 34.6 Å². The van der Waals surface area contributed by atoms with Crippen LogP contribution in [0, 0.1) is 46.3 Å². The van der Waals surface area contributed by atoms with Crippen LogP contribution in [0.4, 0.5) is 0 Å². The lowest BCUT2D eigenvalue weighted by atomic mass is 9.48. The fraction of sp³-hybridized carbons (Fsp3) is 0.885. The fourth-order valence-corrected chi connectivity index (χ4v) is 7.97. The van der Waals surface area contributed by atoms with Gasteiger partial charge in [-0.05, 0) is 84.2 Å². The summed E-state index contributed by atoms with van der Waals surface area (Å²) < 4.78 is 5.72. The molecule has 2 heteroatoms. The Balaban J connectivity index is 1.54. The largest absolute Gasteiger partial charge is 0.377 e. The average molecular weight is 387 g/mol. The van der Waals surface area contributed by atoms with E-state index >= 15 is 0 Å². The van der Waals surface area contributed by atoms with Crippen LogP contribution in [0.5, 0.6) is 0 Å². The van der Waals surface area contributed by atoms with Crippen LogP contribution in [0.25, 0.3) is 0 Å². The molecule has 0 amide bonds. The molecule has 2 saturated carbocycles. The zero-order valence-corrected chi connectivity index (χ0v) is 18.9. The molecule has 0 aromatic heterocycles. The van der Waals surface area contributed by atoms with Crippen molar-refractivity contribution in [3.05, 3.63) is 11.6 Å². The van der Waals surface area contributed by atoms with E-state index < -0.39 is 0 Å². The lowest BCUT2D eigenvalue weighted by Gasteiger charge is -2.57. The molecule has 0 aromatic rings. The van der Waals surface area contributed by atoms with Crippen molar-refractivity contribution in [3.63, 3.8) is 0 Å². The minimum atomic E-state index is 0.207. The van der Waals surface area contributed by atoms with Gasteiger partial charge in [0.05, 0.1) is 6.61 Å². The summed E-state index contributed by atoms with van der Waals surface area (Å²) in [6, 6.07) is 0. The van der Waals surface area contributed by atoms with E-state index in [-0.39, 0.29) is 11.3 Å². The molecule has 1 heterocycles. The molecule has 1 saturated heterocycles. The minimum absolute atomic E-state index is 0.207. The topological polar surface area (TPSA) is 26.3 Å². The minimum Gasteiger partial charge on any atom is -0.377 e. The first-order valence-electron chi connectivity index (χ1n) is 12.1. The summed E-state index contributed by atoms with van der Waals surface area (Å²) in [6.45, 7) is 13.7. The predicted molar refractivity (Wildman–Crippen MR) is 115 cm³/mol. The molecule has 1 aliphatic heterocycles. The van der Waals surface area contributed by atoms with Gasteiger partial charge >= 0.3 is 0 Å². The Morgan fingerprint density at radius 2 is 1.86 bits per heavy atom. The molecule has 4 aliphatic rings. The van der Waals surface area contributed by atoms with Crippen LogP contribution in [0.15, 0.2) is 11.6 Å². The van der Waals surface area contributed by atoms with Crippen molar-refractivity contribution in [1.29, 1.82) is 0 Å². The first kappa shape index (κ1) is 20.6. The fourth-order valence-electron chi connectivity index (χ4n) is 7.97. The lowest BCUT2D eigenvalue weighted by Crippen LogP contribution is -2.54. The average Bonchev–Trinajstić information content (AvgIpc) is 2.99. The first-order valence-corrected chi connectivity index (χ1v) is 12.1. The number of hydrogen-bond donors (Lipinski definition) is 0. The van der Waals surface area contributed by atoms with Gasteiger partial charge in [-0.1, -0.05) is 53.9 Å². The second kappa shape index (κ2) is 7.56. The summed E-state index contributed by atoms with van der Waals surface area (Å²) >= 11 is 0. The van der Waals surface area contributed by atoms with Gasteiger partial charge in [-0.2, -0.15) is 0 Å². The Morgan fingerprint density at radius 3 is 2.61 bits per heavy atom. The van der Waals surface area contributed by atoms with E-state index in [4.69, 9.17) is 4.74 Å². The number of rotatable bonds is 5. The highest BCUT2D eigenvalue weighted by Gasteiger charge is 2.61. The van der Waals surface area contributed by atoms with Crippen molar-refractivity contribution in [2.24, 2.45) is 46.3 Å². The van der Waals surface area contributed by atoms with Gasteiger partial charge < -0.3 is 4.74 Å². The molecule has 2 nitrogen and oxygen atoms in total. The van der Waals surface area contributed by atoms with E-state index in [9.17, 15) is 4.79 Å². The van der Waals surface area contributed by atoms with Crippen molar-refractivity contribution in [2.45, 2.75) is 86.0 Å². The Bertz CT molecular complexity index is 634. The summed E-state index contributed by atoms with van der Waals surface area (Å²) in [7, 11) is 0. The van der Waals surface area contributed by atoms with E-state index in [1.54, 1.807) is 0 Å². The Morgan fingerprint density at radius 1 is 1.07 bits per heavy atom. The third kappa shape index (κ3) is 3.22. The number of ether oxygens (including phenoxy) is 1. The number of carbonyl (C=O) groups is 1. The monoisotopic (exact) mass is 386 g/mol. The summed E-state index contributed by atoms with van der Waals surface area (Å²) in [5.74, 6) is 4.30. The summed E-state index contributed by atoms with van der Waals surface area (Å²) in [5, 5.41) is 0. The van der Waals surface area contributed by atoms with E-state index in [1.165, 1.54) is 50.5 Å². The van der Waals surface area contributed by atoms with Crippen LogP contribution in [0.2, 0.25) is 0 Å². The maximum Gasteiger partial charge on any atom is 0.159 e. The number of ketones is 1. The molecule has 7 atom stereocenters. The van der Waals surface area contributed by atoms with Crippen LogP contribution in [-0.4, -0.2) is 19.0 Å². The summed E-state index contributed by atoms with van der Waals surface area (Å²) in [5.41, 5.74) is 1.88. The number of carbonyl (C=O) groups excluding carboxylic acids is 1. The molecule has 0 spiro atoms. The number of hydrogen-bond acceptors (Lipinski definition) is 2. The maximum atomic E-state index is 13.3. The Hall–Kier alpha value is -0.630. The Kier molecular flexibility index (Phi) is 5.57. The van der Waals surface area contributed by atoms with Gasteiger partial charge in [0, 0.05) is 12.5 Å². The van der Waals surface area contributed by atoms with E-state index in [1.807, 2.05) is 6.08 Å².